The molecule has 0 amide bonds. The first kappa shape index (κ1) is 13.6. The molecule has 0 nitrogen and oxygen atoms in total. The van der Waals surface area contributed by atoms with Crippen molar-refractivity contribution in [1.29, 1.82) is 0 Å². The Labute approximate surface area is 103 Å². The van der Waals surface area contributed by atoms with Crippen molar-refractivity contribution in [2.24, 2.45) is 11.8 Å². The molecule has 0 aromatic heterocycles. The Morgan fingerprint density at radius 3 is 1.53 bits per heavy atom. The highest BCUT2D eigenvalue weighted by atomic mass is 35.6. The molecule has 0 atom stereocenters. The maximum atomic E-state index is 5.44. The summed E-state index contributed by atoms with van der Waals surface area (Å²) in [7, 11) is -0.114. The van der Waals surface area contributed by atoms with E-state index in [1.165, 1.54) is 38.1 Å². The standard InChI is InChI=1S/C10H18.C3H9ClSi/c1-2-6-9(5-1)10-7-3-4-8-10;1-2-3-5-4/h9-10H,1-8H2;2-3,5H2,1H3. The summed E-state index contributed by atoms with van der Waals surface area (Å²) in [5, 5.41) is 0. The predicted octanol–water partition coefficient (Wildman–Crippen LogP) is 4.50. The third kappa shape index (κ3) is 5.40. The Bertz CT molecular complexity index is 121. The van der Waals surface area contributed by atoms with E-state index in [0.717, 1.165) is 11.8 Å². The zero-order chi connectivity index (χ0) is 10.9. The van der Waals surface area contributed by atoms with Crippen LogP contribution in [0.5, 0.6) is 0 Å². The minimum Gasteiger partial charge on any atom is -0.176 e. The summed E-state index contributed by atoms with van der Waals surface area (Å²) in [6.45, 7) is 2.16. The largest absolute Gasteiger partial charge is 0.176 e. The van der Waals surface area contributed by atoms with Gasteiger partial charge >= 0.3 is 0 Å². The molecule has 2 saturated carbocycles. The highest BCUT2D eigenvalue weighted by Crippen LogP contribution is 2.39. The first-order valence-electron chi connectivity index (χ1n) is 6.94. The minimum atomic E-state index is -0.114. The average Bonchev–Trinajstić information content (AvgIpc) is 2.93. The molecule has 0 aromatic rings. The third-order valence-corrected chi connectivity index (χ3v) is 5.73. The lowest BCUT2D eigenvalue weighted by molar-refractivity contribution is 0.347. The predicted molar refractivity (Wildman–Crippen MR) is 73.4 cm³/mol. The lowest BCUT2D eigenvalue weighted by atomic mass is 9.90. The SMILES string of the molecule is C1CCC(C2CCCC2)C1.CCC[SiH2]Cl. The fourth-order valence-corrected chi connectivity index (χ4v) is 4.06. The Hall–Kier alpha value is 0.507. The normalized spacial score (nSPS) is 23.6. The molecule has 2 fully saturated rings. The van der Waals surface area contributed by atoms with Gasteiger partial charge in [-0.15, -0.1) is 0 Å². The van der Waals surface area contributed by atoms with Crippen molar-refractivity contribution < 1.29 is 0 Å². The molecule has 2 heteroatoms. The molecular weight excluding hydrogens is 220 g/mol. The molecule has 0 spiro atoms. The summed E-state index contributed by atoms with van der Waals surface area (Å²) >= 11 is 5.44. The van der Waals surface area contributed by atoms with E-state index in [1.807, 2.05) is 0 Å². The molecule has 15 heavy (non-hydrogen) atoms. The van der Waals surface area contributed by atoms with E-state index in [1.54, 1.807) is 25.7 Å². The van der Waals surface area contributed by atoms with Gasteiger partial charge in [-0.05, 0) is 17.9 Å². The lowest BCUT2D eigenvalue weighted by Gasteiger charge is -2.16. The van der Waals surface area contributed by atoms with E-state index in [2.05, 4.69) is 6.92 Å². The van der Waals surface area contributed by atoms with Crippen molar-refractivity contribution in [2.75, 3.05) is 0 Å². The fourth-order valence-electron chi connectivity index (χ4n) is 2.99. The van der Waals surface area contributed by atoms with Crippen LogP contribution in [0.1, 0.15) is 64.7 Å². The van der Waals surface area contributed by atoms with Crippen LogP contribution in [0.4, 0.5) is 0 Å². The van der Waals surface area contributed by atoms with Crippen LogP contribution in [0.25, 0.3) is 0 Å². The van der Waals surface area contributed by atoms with Crippen molar-refractivity contribution in [3.8, 4) is 0 Å². The molecule has 0 N–H and O–H groups in total. The van der Waals surface area contributed by atoms with Crippen LogP contribution in [0.2, 0.25) is 6.04 Å². The Balaban J connectivity index is 0.000000195. The summed E-state index contributed by atoms with van der Waals surface area (Å²) < 4.78 is 0. The van der Waals surface area contributed by atoms with Gasteiger partial charge in [0.15, 0.2) is 0 Å². The Morgan fingerprint density at radius 2 is 1.33 bits per heavy atom. The smallest absolute Gasteiger partial charge is 0.125 e. The van der Waals surface area contributed by atoms with E-state index in [9.17, 15) is 0 Å². The van der Waals surface area contributed by atoms with Crippen LogP contribution < -0.4 is 0 Å². The van der Waals surface area contributed by atoms with Gasteiger partial charge < -0.3 is 0 Å². The molecule has 0 radical (unpaired) electrons. The highest BCUT2D eigenvalue weighted by Gasteiger charge is 2.26. The van der Waals surface area contributed by atoms with E-state index in [-0.39, 0.29) is 8.83 Å². The van der Waals surface area contributed by atoms with Crippen LogP contribution in [0.15, 0.2) is 0 Å². The van der Waals surface area contributed by atoms with Crippen LogP contribution >= 0.6 is 11.1 Å². The van der Waals surface area contributed by atoms with E-state index in [4.69, 9.17) is 11.1 Å². The number of rotatable bonds is 3. The second kappa shape index (κ2) is 8.64. The van der Waals surface area contributed by atoms with Crippen LogP contribution in [-0.2, 0) is 0 Å². The number of hydrogen-bond acceptors (Lipinski definition) is 0. The van der Waals surface area contributed by atoms with Crippen molar-refractivity contribution in [3.63, 3.8) is 0 Å². The minimum absolute atomic E-state index is 0.114. The molecule has 90 valence electrons. The van der Waals surface area contributed by atoms with E-state index >= 15 is 0 Å². The molecular formula is C13H27ClSi. The van der Waals surface area contributed by atoms with Gasteiger partial charge in [-0.1, -0.05) is 64.7 Å². The second-order valence-corrected chi connectivity index (χ2v) is 7.35. The number of hydrogen-bond donors (Lipinski definition) is 0. The van der Waals surface area contributed by atoms with Crippen LogP contribution in [0, 0.1) is 11.8 Å². The quantitative estimate of drug-likeness (QED) is 0.508. The molecule has 0 heterocycles. The van der Waals surface area contributed by atoms with Crippen molar-refractivity contribution >= 4 is 19.9 Å². The maximum absolute atomic E-state index is 5.44. The first-order valence-corrected chi connectivity index (χ1v) is 10.1. The molecule has 0 unspecified atom stereocenters. The maximum Gasteiger partial charge on any atom is 0.125 e. The van der Waals surface area contributed by atoms with Gasteiger partial charge in [0.2, 0.25) is 0 Å². The fraction of sp³-hybridized carbons (Fsp3) is 1.00. The molecule has 0 bridgehead atoms. The van der Waals surface area contributed by atoms with Gasteiger partial charge in [0.1, 0.15) is 8.83 Å². The second-order valence-electron chi connectivity index (χ2n) is 5.13. The molecule has 0 aromatic carbocycles. The monoisotopic (exact) mass is 246 g/mol. The van der Waals surface area contributed by atoms with Crippen molar-refractivity contribution in [3.05, 3.63) is 0 Å². The number of halogens is 1. The van der Waals surface area contributed by atoms with Crippen LogP contribution in [-0.4, -0.2) is 8.83 Å². The van der Waals surface area contributed by atoms with Gasteiger partial charge in [0.25, 0.3) is 0 Å². The summed E-state index contributed by atoms with van der Waals surface area (Å²) in [4.78, 5) is 0. The third-order valence-electron chi connectivity index (χ3n) is 3.95. The van der Waals surface area contributed by atoms with Gasteiger partial charge in [0, 0.05) is 0 Å². The Morgan fingerprint density at radius 1 is 0.933 bits per heavy atom. The summed E-state index contributed by atoms with van der Waals surface area (Å²) in [5.41, 5.74) is 0. The molecule has 2 aliphatic rings. The molecule has 0 aliphatic heterocycles. The summed E-state index contributed by atoms with van der Waals surface area (Å²) in [6, 6.07) is 1.29. The molecule has 2 rings (SSSR count). The zero-order valence-corrected chi connectivity index (χ0v) is 12.5. The van der Waals surface area contributed by atoms with E-state index < -0.39 is 0 Å². The summed E-state index contributed by atoms with van der Waals surface area (Å²) in [5.74, 6) is 2.31. The Kier molecular flexibility index (Phi) is 7.81. The van der Waals surface area contributed by atoms with Gasteiger partial charge in [-0.25, -0.2) is 0 Å². The van der Waals surface area contributed by atoms with Gasteiger partial charge in [0.05, 0.1) is 0 Å². The van der Waals surface area contributed by atoms with Crippen LogP contribution in [0.3, 0.4) is 0 Å². The van der Waals surface area contributed by atoms with Crippen molar-refractivity contribution in [2.45, 2.75) is 70.8 Å². The molecule has 0 saturated heterocycles. The van der Waals surface area contributed by atoms with E-state index in [0.29, 0.717) is 0 Å². The summed E-state index contributed by atoms with van der Waals surface area (Å²) in [6.07, 6.45) is 13.6. The average molecular weight is 247 g/mol. The lowest BCUT2D eigenvalue weighted by Crippen LogP contribution is -2.06. The molecule has 2 aliphatic carbocycles. The topological polar surface area (TPSA) is 0 Å². The highest BCUT2D eigenvalue weighted by molar-refractivity contribution is 6.93. The van der Waals surface area contributed by atoms with Crippen molar-refractivity contribution in [1.82, 2.24) is 0 Å². The zero-order valence-electron chi connectivity index (χ0n) is 10.3. The van der Waals surface area contributed by atoms with Gasteiger partial charge in [-0.3, -0.25) is 0 Å². The first-order chi connectivity index (χ1) is 7.38. The van der Waals surface area contributed by atoms with Gasteiger partial charge in [-0.2, -0.15) is 11.1 Å².